The van der Waals surface area contributed by atoms with Crippen molar-refractivity contribution in [2.75, 3.05) is 19.6 Å². The second-order valence-electron chi connectivity index (χ2n) is 6.32. The van der Waals surface area contributed by atoms with Gasteiger partial charge in [-0.15, -0.1) is 0 Å². The number of carbonyl (C=O) groups excluding carboxylic acids is 1. The summed E-state index contributed by atoms with van der Waals surface area (Å²) in [6.07, 6.45) is 7.26. The predicted octanol–water partition coefficient (Wildman–Crippen LogP) is 1.29. The van der Waals surface area contributed by atoms with Gasteiger partial charge >= 0.3 is 6.03 Å². The third-order valence-electron chi connectivity index (χ3n) is 4.55. The van der Waals surface area contributed by atoms with E-state index in [2.05, 4.69) is 10.3 Å². The molecule has 116 valence electrons. The molecule has 2 aliphatic rings. The first kappa shape index (κ1) is 14.4. The zero-order valence-corrected chi connectivity index (χ0v) is 12.5. The number of imidazole rings is 1. The Balaban J connectivity index is 1.57. The first-order valence-corrected chi connectivity index (χ1v) is 7.83. The number of piperidine rings is 1. The number of aromatic nitrogens is 2. The molecule has 2 heterocycles. The first-order valence-electron chi connectivity index (χ1n) is 7.83. The molecule has 2 atom stereocenters. The SMILES string of the molecule is Cn1ccnc1C(O)C1CCCN(C(=O)NCC2CC2)C1. The summed E-state index contributed by atoms with van der Waals surface area (Å²) < 4.78 is 1.84. The van der Waals surface area contributed by atoms with Crippen molar-refractivity contribution in [1.29, 1.82) is 0 Å². The van der Waals surface area contributed by atoms with Crippen molar-refractivity contribution in [2.45, 2.75) is 31.8 Å². The molecule has 1 saturated heterocycles. The molecule has 3 rings (SSSR count). The van der Waals surface area contributed by atoms with Crippen LogP contribution in [0.15, 0.2) is 12.4 Å². The molecule has 2 fully saturated rings. The molecule has 2 N–H and O–H groups in total. The zero-order chi connectivity index (χ0) is 14.8. The lowest BCUT2D eigenvalue weighted by atomic mass is 9.92. The van der Waals surface area contributed by atoms with Crippen LogP contribution in [0.2, 0.25) is 0 Å². The van der Waals surface area contributed by atoms with Crippen molar-refractivity contribution in [3.05, 3.63) is 18.2 Å². The summed E-state index contributed by atoms with van der Waals surface area (Å²) >= 11 is 0. The van der Waals surface area contributed by atoms with E-state index in [9.17, 15) is 9.90 Å². The molecule has 21 heavy (non-hydrogen) atoms. The Hall–Kier alpha value is -1.56. The number of hydrogen-bond donors (Lipinski definition) is 2. The highest BCUT2D eigenvalue weighted by Gasteiger charge is 2.31. The van der Waals surface area contributed by atoms with Crippen LogP contribution in [-0.2, 0) is 7.05 Å². The van der Waals surface area contributed by atoms with E-state index in [-0.39, 0.29) is 11.9 Å². The predicted molar refractivity (Wildman–Crippen MR) is 78.6 cm³/mol. The van der Waals surface area contributed by atoms with Crippen molar-refractivity contribution in [2.24, 2.45) is 18.9 Å². The van der Waals surface area contributed by atoms with Gasteiger partial charge in [0.15, 0.2) is 0 Å². The third kappa shape index (κ3) is 3.37. The van der Waals surface area contributed by atoms with Crippen molar-refractivity contribution >= 4 is 6.03 Å². The summed E-state index contributed by atoms with van der Waals surface area (Å²) in [5.41, 5.74) is 0. The summed E-state index contributed by atoms with van der Waals surface area (Å²) in [6.45, 7) is 2.17. The Bertz CT molecular complexity index is 498. The Labute approximate surface area is 125 Å². The fraction of sp³-hybridized carbons (Fsp3) is 0.733. The van der Waals surface area contributed by atoms with Gasteiger partial charge in [0.2, 0.25) is 0 Å². The first-order chi connectivity index (χ1) is 10.1. The van der Waals surface area contributed by atoms with Gasteiger partial charge in [0.25, 0.3) is 0 Å². The molecule has 2 amide bonds. The van der Waals surface area contributed by atoms with Crippen LogP contribution < -0.4 is 5.32 Å². The summed E-state index contributed by atoms with van der Waals surface area (Å²) in [5, 5.41) is 13.5. The number of rotatable bonds is 4. The molecular formula is C15H24N4O2. The van der Waals surface area contributed by atoms with Crippen LogP contribution in [0.5, 0.6) is 0 Å². The number of urea groups is 1. The maximum Gasteiger partial charge on any atom is 0.317 e. The van der Waals surface area contributed by atoms with Crippen LogP contribution in [0.25, 0.3) is 0 Å². The van der Waals surface area contributed by atoms with Crippen molar-refractivity contribution < 1.29 is 9.90 Å². The van der Waals surface area contributed by atoms with Gasteiger partial charge in [-0.3, -0.25) is 0 Å². The minimum absolute atomic E-state index is 0.0126. The summed E-state index contributed by atoms with van der Waals surface area (Å²) in [6, 6.07) is 0.0126. The average molecular weight is 292 g/mol. The van der Waals surface area contributed by atoms with E-state index in [1.54, 1.807) is 6.20 Å². The van der Waals surface area contributed by atoms with Crippen LogP contribution in [0.1, 0.15) is 37.6 Å². The Kier molecular flexibility index (Phi) is 4.14. The number of aliphatic hydroxyl groups excluding tert-OH is 1. The molecule has 1 aliphatic heterocycles. The van der Waals surface area contributed by atoms with Gasteiger partial charge in [0.05, 0.1) is 0 Å². The van der Waals surface area contributed by atoms with E-state index in [0.29, 0.717) is 18.3 Å². The number of nitrogens with one attached hydrogen (secondary N) is 1. The van der Waals surface area contributed by atoms with Crippen LogP contribution in [0.4, 0.5) is 4.79 Å². The number of nitrogens with zero attached hydrogens (tertiary/aromatic N) is 3. The third-order valence-corrected chi connectivity index (χ3v) is 4.55. The highest BCUT2D eigenvalue weighted by molar-refractivity contribution is 5.74. The summed E-state index contributed by atoms with van der Waals surface area (Å²) in [5.74, 6) is 1.43. The Morgan fingerprint density at radius 3 is 3.00 bits per heavy atom. The average Bonchev–Trinajstić information content (AvgIpc) is 3.24. The molecule has 1 aromatic rings. The fourth-order valence-corrected chi connectivity index (χ4v) is 2.99. The van der Waals surface area contributed by atoms with Gasteiger partial charge in [-0.1, -0.05) is 0 Å². The quantitative estimate of drug-likeness (QED) is 0.878. The number of carbonyl (C=O) groups is 1. The lowest BCUT2D eigenvalue weighted by molar-refractivity contribution is 0.0532. The number of amides is 2. The van der Waals surface area contributed by atoms with E-state index in [4.69, 9.17) is 0 Å². The highest BCUT2D eigenvalue weighted by Crippen LogP contribution is 2.29. The zero-order valence-electron chi connectivity index (χ0n) is 12.5. The Morgan fingerprint density at radius 2 is 2.33 bits per heavy atom. The van der Waals surface area contributed by atoms with Gasteiger partial charge in [-0.05, 0) is 31.6 Å². The largest absolute Gasteiger partial charge is 0.385 e. The molecule has 0 spiro atoms. The highest BCUT2D eigenvalue weighted by atomic mass is 16.3. The number of aliphatic hydroxyl groups is 1. The van der Waals surface area contributed by atoms with Crippen LogP contribution in [-0.4, -0.2) is 45.2 Å². The minimum atomic E-state index is -0.607. The number of hydrogen-bond acceptors (Lipinski definition) is 3. The van der Waals surface area contributed by atoms with Crippen molar-refractivity contribution in [1.82, 2.24) is 19.8 Å². The molecule has 0 bridgehead atoms. The molecule has 1 aliphatic carbocycles. The van der Waals surface area contributed by atoms with Gasteiger partial charge in [-0.2, -0.15) is 0 Å². The summed E-state index contributed by atoms with van der Waals surface area (Å²) in [4.78, 5) is 18.2. The van der Waals surface area contributed by atoms with Gasteiger partial charge in [-0.25, -0.2) is 9.78 Å². The monoisotopic (exact) mass is 292 g/mol. The van der Waals surface area contributed by atoms with Crippen molar-refractivity contribution in [3.8, 4) is 0 Å². The lowest BCUT2D eigenvalue weighted by Crippen LogP contribution is -2.47. The van der Waals surface area contributed by atoms with E-state index in [1.165, 1.54) is 12.8 Å². The smallest absolute Gasteiger partial charge is 0.317 e. The molecular weight excluding hydrogens is 268 g/mol. The molecule has 6 nitrogen and oxygen atoms in total. The molecule has 1 saturated carbocycles. The number of likely N-dealkylation sites (tertiary alicyclic amines) is 1. The van der Waals surface area contributed by atoms with E-state index < -0.39 is 6.10 Å². The maximum absolute atomic E-state index is 12.2. The van der Waals surface area contributed by atoms with Gasteiger partial charge in [0.1, 0.15) is 11.9 Å². The standard InChI is InChI=1S/C15H24N4O2/c1-18-8-6-16-14(18)13(20)12-3-2-7-19(10-12)15(21)17-9-11-4-5-11/h6,8,11-13,20H,2-5,7,9-10H2,1H3,(H,17,21). The van der Waals surface area contributed by atoms with E-state index >= 15 is 0 Å². The normalized spacial score (nSPS) is 23.9. The van der Waals surface area contributed by atoms with Crippen LogP contribution in [0, 0.1) is 11.8 Å². The second kappa shape index (κ2) is 6.05. The molecule has 1 aromatic heterocycles. The molecule has 6 heteroatoms. The molecule has 2 unspecified atom stereocenters. The topological polar surface area (TPSA) is 70.4 Å². The van der Waals surface area contributed by atoms with Crippen molar-refractivity contribution in [3.63, 3.8) is 0 Å². The minimum Gasteiger partial charge on any atom is -0.385 e. The van der Waals surface area contributed by atoms with E-state index in [1.807, 2.05) is 22.7 Å². The van der Waals surface area contributed by atoms with Crippen LogP contribution >= 0.6 is 0 Å². The summed E-state index contributed by atoms with van der Waals surface area (Å²) in [7, 11) is 1.88. The van der Waals surface area contributed by atoms with Gasteiger partial charge < -0.3 is 19.9 Å². The Morgan fingerprint density at radius 1 is 1.52 bits per heavy atom. The molecule has 0 radical (unpaired) electrons. The second-order valence-corrected chi connectivity index (χ2v) is 6.32. The fourth-order valence-electron chi connectivity index (χ4n) is 2.99. The van der Waals surface area contributed by atoms with Gasteiger partial charge in [0, 0.05) is 45.0 Å². The van der Waals surface area contributed by atoms with Crippen LogP contribution in [0.3, 0.4) is 0 Å². The number of aryl methyl sites for hydroxylation is 1. The molecule has 0 aromatic carbocycles. The van der Waals surface area contributed by atoms with E-state index in [0.717, 1.165) is 25.9 Å². The lowest BCUT2D eigenvalue weighted by Gasteiger charge is -2.34. The maximum atomic E-state index is 12.2.